The molecular weight excluding hydrogens is 302 g/mol. The Morgan fingerprint density at radius 1 is 1.17 bits per heavy atom. The smallest absolute Gasteiger partial charge is 0.339 e. The van der Waals surface area contributed by atoms with Gasteiger partial charge in [-0.05, 0) is 30.7 Å². The van der Waals surface area contributed by atoms with Gasteiger partial charge in [-0.2, -0.15) is 10.4 Å². The fourth-order valence-electron chi connectivity index (χ4n) is 2.69. The molecule has 0 radical (unpaired) electrons. The molecular formula is C19H15N3O2. The largest absolute Gasteiger partial charge is 0.478 e. The van der Waals surface area contributed by atoms with Gasteiger partial charge < -0.3 is 5.11 Å². The topological polar surface area (TPSA) is 78.9 Å². The molecule has 5 heteroatoms. The number of hydrogen-bond donors (Lipinski definition) is 1. The number of rotatable bonds is 4. The quantitative estimate of drug-likeness (QED) is 0.796. The number of hydrogen-bond acceptors (Lipinski definition) is 3. The molecule has 0 aliphatic carbocycles. The van der Waals surface area contributed by atoms with Crippen LogP contribution in [0.25, 0.3) is 16.9 Å². The molecule has 3 aromatic rings. The Bertz CT molecular complexity index is 920. The van der Waals surface area contributed by atoms with Gasteiger partial charge in [0, 0.05) is 5.56 Å². The lowest BCUT2D eigenvalue weighted by Gasteiger charge is -2.05. The fourth-order valence-corrected chi connectivity index (χ4v) is 2.69. The monoisotopic (exact) mass is 317 g/mol. The van der Waals surface area contributed by atoms with E-state index in [1.165, 1.54) is 0 Å². The van der Waals surface area contributed by atoms with E-state index in [4.69, 9.17) is 5.26 Å². The lowest BCUT2D eigenvalue weighted by atomic mass is 10.0. The van der Waals surface area contributed by atoms with E-state index in [-0.39, 0.29) is 5.56 Å². The van der Waals surface area contributed by atoms with Gasteiger partial charge in [-0.1, -0.05) is 37.3 Å². The number of para-hydroxylation sites is 1. The molecule has 0 atom stereocenters. The maximum atomic E-state index is 11.8. The van der Waals surface area contributed by atoms with Crippen molar-refractivity contribution < 1.29 is 9.90 Å². The number of benzene rings is 2. The van der Waals surface area contributed by atoms with Crippen LogP contribution in [0.5, 0.6) is 0 Å². The van der Waals surface area contributed by atoms with Gasteiger partial charge in [0.15, 0.2) is 0 Å². The minimum absolute atomic E-state index is 0.200. The highest BCUT2D eigenvalue weighted by atomic mass is 16.4. The number of aromatic nitrogens is 2. The van der Waals surface area contributed by atoms with E-state index >= 15 is 0 Å². The normalized spacial score (nSPS) is 10.3. The van der Waals surface area contributed by atoms with Crippen molar-refractivity contribution in [3.8, 4) is 23.0 Å². The van der Waals surface area contributed by atoms with Crippen LogP contribution in [0.2, 0.25) is 0 Å². The third kappa shape index (κ3) is 2.66. The standard InChI is InChI=1S/C19H15N3O2/c1-2-16-17(19(23)24)18(14-10-8-13(12-20)9-11-14)21-22(16)15-6-4-3-5-7-15/h3-11H,2H2,1H3,(H,23,24). The first-order valence-electron chi connectivity index (χ1n) is 7.56. The van der Waals surface area contributed by atoms with Crippen LogP contribution in [0.1, 0.15) is 28.5 Å². The van der Waals surface area contributed by atoms with Crippen LogP contribution in [0, 0.1) is 11.3 Å². The van der Waals surface area contributed by atoms with Crippen molar-refractivity contribution in [1.29, 1.82) is 5.26 Å². The summed E-state index contributed by atoms with van der Waals surface area (Å²) in [5, 5.41) is 23.2. The molecule has 0 bridgehead atoms. The minimum Gasteiger partial charge on any atom is -0.478 e. The second kappa shape index (κ2) is 6.39. The van der Waals surface area contributed by atoms with Crippen molar-refractivity contribution in [1.82, 2.24) is 9.78 Å². The zero-order valence-corrected chi connectivity index (χ0v) is 13.1. The van der Waals surface area contributed by atoms with E-state index < -0.39 is 5.97 Å². The first kappa shape index (κ1) is 15.5. The van der Waals surface area contributed by atoms with Gasteiger partial charge in [0.1, 0.15) is 11.3 Å². The van der Waals surface area contributed by atoms with Crippen LogP contribution in [0.3, 0.4) is 0 Å². The summed E-state index contributed by atoms with van der Waals surface area (Å²) in [5.41, 5.74) is 3.27. The highest BCUT2D eigenvalue weighted by Crippen LogP contribution is 2.28. The third-order valence-corrected chi connectivity index (χ3v) is 3.82. The Hall–Kier alpha value is -3.39. The molecule has 118 valence electrons. The number of aromatic carboxylic acids is 1. The summed E-state index contributed by atoms with van der Waals surface area (Å²) in [5.74, 6) is -1.01. The van der Waals surface area contributed by atoms with Crippen LogP contribution in [0.15, 0.2) is 54.6 Å². The van der Waals surface area contributed by atoms with Crippen LogP contribution in [0.4, 0.5) is 0 Å². The second-order valence-corrected chi connectivity index (χ2v) is 5.27. The molecule has 2 aromatic carbocycles. The summed E-state index contributed by atoms with van der Waals surface area (Å²) >= 11 is 0. The lowest BCUT2D eigenvalue weighted by Crippen LogP contribution is -2.05. The van der Waals surface area contributed by atoms with Crippen molar-refractivity contribution in [3.05, 3.63) is 71.4 Å². The molecule has 0 fully saturated rings. The Balaban J connectivity index is 2.24. The molecule has 0 saturated carbocycles. The number of carboxylic acid groups (broad SMARTS) is 1. The molecule has 1 heterocycles. The fraction of sp³-hybridized carbons (Fsp3) is 0.105. The van der Waals surface area contributed by atoms with Gasteiger partial charge >= 0.3 is 5.97 Å². The van der Waals surface area contributed by atoms with E-state index in [2.05, 4.69) is 11.2 Å². The Morgan fingerprint density at radius 3 is 2.38 bits per heavy atom. The van der Waals surface area contributed by atoms with Gasteiger partial charge in [0.25, 0.3) is 0 Å². The minimum atomic E-state index is -1.01. The first-order valence-corrected chi connectivity index (χ1v) is 7.56. The number of carboxylic acids is 1. The van der Waals surface area contributed by atoms with Crippen LogP contribution in [-0.2, 0) is 6.42 Å². The SMILES string of the molecule is CCc1c(C(=O)O)c(-c2ccc(C#N)cc2)nn1-c1ccccc1. The van der Waals surface area contributed by atoms with E-state index in [0.29, 0.717) is 28.9 Å². The molecule has 5 nitrogen and oxygen atoms in total. The molecule has 1 aromatic heterocycles. The Morgan fingerprint density at radius 2 is 1.83 bits per heavy atom. The van der Waals surface area contributed by atoms with E-state index in [9.17, 15) is 9.90 Å². The van der Waals surface area contributed by atoms with Crippen molar-refractivity contribution in [2.24, 2.45) is 0 Å². The summed E-state index contributed by atoms with van der Waals surface area (Å²) in [7, 11) is 0. The molecule has 0 amide bonds. The summed E-state index contributed by atoms with van der Waals surface area (Å²) in [4.78, 5) is 11.8. The Labute approximate surface area is 139 Å². The van der Waals surface area contributed by atoms with Crippen molar-refractivity contribution in [2.75, 3.05) is 0 Å². The maximum Gasteiger partial charge on any atom is 0.339 e. The molecule has 0 spiro atoms. The molecule has 3 rings (SSSR count). The highest BCUT2D eigenvalue weighted by molar-refractivity contribution is 5.96. The summed E-state index contributed by atoms with van der Waals surface area (Å²) in [6.45, 7) is 1.91. The molecule has 1 N–H and O–H groups in total. The zero-order valence-electron chi connectivity index (χ0n) is 13.1. The van der Waals surface area contributed by atoms with Crippen LogP contribution < -0.4 is 0 Å². The predicted octanol–water partition coefficient (Wildman–Crippen LogP) is 3.67. The molecule has 0 aliphatic rings. The lowest BCUT2D eigenvalue weighted by molar-refractivity contribution is 0.0696. The van der Waals surface area contributed by atoms with Gasteiger partial charge in [0.2, 0.25) is 0 Å². The van der Waals surface area contributed by atoms with Gasteiger partial charge in [-0.3, -0.25) is 0 Å². The maximum absolute atomic E-state index is 11.8. The van der Waals surface area contributed by atoms with Gasteiger partial charge in [0.05, 0.1) is 23.0 Å². The van der Waals surface area contributed by atoms with Crippen molar-refractivity contribution >= 4 is 5.97 Å². The van der Waals surface area contributed by atoms with E-state index in [1.807, 2.05) is 37.3 Å². The summed E-state index contributed by atoms with van der Waals surface area (Å²) in [6, 6.07) is 18.3. The second-order valence-electron chi connectivity index (χ2n) is 5.27. The van der Waals surface area contributed by atoms with E-state index in [0.717, 1.165) is 5.69 Å². The summed E-state index contributed by atoms with van der Waals surface area (Å²) in [6.07, 6.45) is 0.541. The van der Waals surface area contributed by atoms with Gasteiger partial charge in [-0.25, -0.2) is 9.48 Å². The van der Waals surface area contributed by atoms with Crippen molar-refractivity contribution in [3.63, 3.8) is 0 Å². The van der Waals surface area contributed by atoms with E-state index in [1.54, 1.807) is 28.9 Å². The third-order valence-electron chi connectivity index (χ3n) is 3.82. The number of nitriles is 1. The first-order chi connectivity index (χ1) is 11.7. The van der Waals surface area contributed by atoms with Crippen molar-refractivity contribution in [2.45, 2.75) is 13.3 Å². The highest BCUT2D eigenvalue weighted by Gasteiger charge is 2.24. The predicted molar refractivity (Wildman–Crippen MR) is 90.1 cm³/mol. The Kier molecular flexibility index (Phi) is 4.13. The average molecular weight is 317 g/mol. The number of carbonyl (C=O) groups is 1. The zero-order chi connectivity index (χ0) is 17.1. The van der Waals surface area contributed by atoms with Gasteiger partial charge in [-0.15, -0.1) is 0 Å². The number of nitrogens with zero attached hydrogens (tertiary/aromatic N) is 3. The van der Waals surface area contributed by atoms with Crippen LogP contribution >= 0.6 is 0 Å². The molecule has 0 saturated heterocycles. The molecule has 24 heavy (non-hydrogen) atoms. The summed E-state index contributed by atoms with van der Waals surface area (Å²) < 4.78 is 1.68. The average Bonchev–Trinajstić information content (AvgIpc) is 3.02. The molecule has 0 unspecified atom stereocenters. The van der Waals surface area contributed by atoms with Crippen LogP contribution in [-0.4, -0.2) is 20.9 Å². The molecule has 0 aliphatic heterocycles.